The number of nitrogens with one attached hydrogen (secondary N) is 2. The molecule has 0 atom stereocenters. The van der Waals surface area contributed by atoms with E-state index >= 15 is 0 Å². The summed E-state index contributed by atoms with van der Waals surface area (Å²) in [5.74, 6) is 1.30. The van der Waals surface area contributed by atoms with Crippen molar-refractivity contribution in [3.8, 4) is 0 Å². The highest BCUT2D eigenvalue weighted by Crippen LogP contribution is 2.24. The Labute approximate surface area is 211 Å². The first-order chi connectivity index (χ1) is 15.4. The number of guanidine groups is 1. The van der Waals surface area contributed by atoms with E-state index in [1.807, 2.05) is 31.2 Å². The van der Waals surface area contributed by atoms with Gasteiger partial charge in [-0.15, -0.1) is 24.0 Å². The minimum Gasteiger partial charge on any atom is -0.459 e. The molecule has 0 radical (unpaired) electrons. The SMILES string of the molecule is CCOC(=O)N1CCC(NC(=NCC(=O)N(C)C)NCc2oc3ccccc3c2C)CC1.I. The number of hydrogen-bond acceptors (Lipinski definition) is 5. The van der Waals surface area contributed by atoms with Crippen LogP contribution in [0.1, 0.15) is 31.1 Å². The van der Waals surface area contributed by atoms with Gasteiger partial charge in [-0.05, 0) is 32.8 Å². The number of rotatable bonds is 6. The standard InChI is InChI=1S/C23H33N5O4.HI/c1-5-31-23(30)28-12-10-17(11-13-28)26-22(25-15-21(29)27(3)4)24-14-20-16(2)18-8-6-7-9-19(18)32-20;/h6-9,17H,5,10-15H2,1-4H3,(H2,24,25,26);1H. The normalized spacial score (nSPS) is 14.5. The van der Waals surface area contributed by atoms with E-state index in [0.717, 1.165) is 35.1 Å². The molecule has 0 bridgehead atoms. The van der Waals surface area contributed by atoms with Gasteiger partial charge in [-0.1, -0.05) is 18.2 Å². The Hall–Kier alpha value is -2.50. The Bertz CT molecular complexity index is 967. The highest BCUT2D eigenvalue weighted by Gasteiger charge is 2.24. The summed E-state index contributed by atoms with van der Waals surface area (Å²) in [5, 5.41) is 7.80. The molecule has 2 amide bonds. The van der Waals surface area contributed by atoms with Crippen LogP contribution in [-0.2, 0) is 16.1 Å². The second kappa shape index (κ2) is 12.7. The molecule has 1 aliphatic heterocycles. The lowest BCUT2D eigenvalue weighted by Gasteiger charge is -2.32. The summed E-state index contributed by atoms with van der Waals surface area (Å²) in [6, 6.07) is 8.07. The quantitative estimate of drug-likeness (QED) is 0.314. The predicted octanol–water partition coefficient (Wildman–Crippen LogP) is 3.10. The zero-order valence-corrected chi connectivity index (χ0v) is 22.0. The molecule has 9 nitrogen and oxygen atoms in total. The molecular weight excluding hydrogens is 537 g/mol. The van der Waals surface area contributed by atoms with Gasteiger partial charge in [0.25, 0.3) is 0 Å². The number of furan rings is 1. The van der Waals surface area contributed by atoms with Crippen molar-refractivity contribution in [2.24, 2.45) is 4.99 Å². The van der Waals surface area contributed by atoms with E-state index in [9.17, 15) is 9.59 Å². The van der Waals surface area contributed by atoms with Crippen LogP contribution in [0.4, 0.5) is 4.79 Å². The number of nitrogens with zero attached hydrogens (tertiary/aromatic N) is 3. The van der Waals surface area contributed by atoms with Crippen molar-refractivity contribution in [2.45, 2.75) is 39.3 Å². The number of aliphatic imine (C=N–C) groups is 1. The third-order valence-electron chi connectivity index (χ3n) is 5.59. The summed E-state index contributed by atoms with van der Waals surface area (Å²) < 4.78 is 11.1. The molecule has 0 aliphatic carbocycles. The van der Waals surface area contributed by atoms with E-state index in [1.165, 1.54) is 4.90 Å². The van der Waals surface area contributed by atoms with Gasteiger partial charge in [-0.25, -0.2) is 9.79 Å². The third kappa shape index (κ3) is 7.24. The van der Waals surface area contributed by atoms with Crippen molar-refractivity contribution >= 4 is 52.9 Å². The van der Waals surface area contributed by atoms with Crippen LogP contribution in [0.15, 0.2) is 33.7 Å². The van der Waals surface area contributed by atoms with E-state index in [0.29, 0.717) is 32.2 Å². The monoisotopic (exact) mass is 571 g/mol. The summed E-state index contributed by atoms with van der Waals surface area (Å²) in [4.78, 5) is 31.7. The van der Waals surface area contributed by atoms with E-state index in [1.54, 1.807) is 25.9 Å². The Morgan fingerprint density at radius 1 is 1.24 bits per heavy atom. The van der Waals surface area contributed by atoms with Crippen LogP contribution in [0.5, 0.6) is 0 Å². The highest BCUT2D eigenvalue weighted by molar-refractivity contribution is 14.0. The van der Waals surface area contributed by atoms with Gasteiger partial charge in [0.1, 0.15) is 17.9 Å². The molecule has 1 fully saturated rings. The summed E-state index contributed by atoms with van der Waals surface area (Å²) >= 11 is 0. The lowest BCUT2D eigenvalue weighted by molar-refractivity contribution is -0.127. The number of para-hydroxylation sites is 1. The second-order valence-electron chi connectivity index (χ2n) is 8.06. The molecule has 1 aromatic carbocycles. The van der Waals surface area contributed by atoms with Crippen molar-refractivity contribution < 1.29 is 18.7 Å². The average molecular weight is 571 g/mol. The molecule has 1 aromatic heterocycles. The fraction of sp³-hybridized carbons (Fsp3) is 0.522. The molecule has 1 saturated heterocycles. The van der Waals surface area contributed by atoms with Crippen LogP contribution in [0, 0.1) is 6.92 Å². The summed E-state index contributed by atoms with van der Waals surface area (Å²) in [5.41, 5.74) is 1.93. The number of amides is 2. The number of likely N-dealkylation sites (tertiary alicyclic amines) is 1. The molecule has 3 rings (SSSR count). The van der Waals surface area contributed by atoms with Crippen molar-refractivity contribution in [1.82, 2.24) is 20.4 Å². The van der Waals surface area contributed by atoms with E-state index in [2.05, 4.69) is 15.6 Å². The molecule has 2 heterocycles. The summed E-state index contributed by atoms with van der Waals surface area (Å²) in [6.07, 6.45) is 1.27. The number of piperidine rings is 1. The van der Waals surface area contributed by atoms with Crippen LogP contribution in [0.25, 0.3) is 11.0 Å². The minimum absolute atomic E-state index is 0. The highest BCUT2D eigenvalue weighted by atomic mass is 127. The minimum atomic E-state index is -0.269. The molecule has 2 N–H and O–H groups in total. The van der Waals surface area contributed by atoms with E-state index < -0.39 is 0 Å². The molecule has 0 spiro atoms. The number of ether oxygens (including phenoxy) is 1. The summed E-state index contributed by atoms with van der Waals surface area (Å²) in [7, 11) is 3.42. The summed E-state index contributed by atoms with van der Waals surface area (Å²) in [6.45, 7) is 5.94. The first-order valence-corrected chi connectivity index (χ1v) is 11.0. The van der Waals surface area contributed by atoms with Crippen LogP contribution >= 0.6 is 24.0 Å². The Morgan fingerprint density at radius 2 is 1.94 bits per heavy atom. The molecule has 0 unspecified atom stereocenters. The van der Waals surface area contributed by atoms with Gasteiger partial charge in [-0.2, -0.15) is 0 Å². The van der Waals surface area contributed by atoms with Gasteiger partial charge in [-0.3, -0.25) is 4.79 Å². The molecule has 182 valence electrons. The number of benzene rings is 1. The number of carbonyl (C=O) groups excluding carboxylic acids is 2. The maximum absolute atomic E-state index is 12.1. The topological polar surface area (TPSA) is 99.4 Å². The van der Waals surface area contributed by atoms with Gasteiger partial charge in [0.05, 0.1) is 13.2 Å². The largest absolute Gasteiger partial charge is 0.459 e. The zero-order valence-electron chi connectivity index (χ0n) is 19.7. The Balaban J connectivity index is 0.00000385. The van der Waals surface area contributed by atoms with Crippen molar-refractivity contribution in [3.05, 3.63) is 35.6 Å². The lowest BCUT2D eigenvalue weighted by Crippen LogP contribution is -2.50. The maximum atomic E-state index is 12.1. The average Bonchev–Trinajstić information content (AvgIpc) is 3.11. The number of carbonyl (C=O) groups is 2. The fourth-order valence-corrected chi connectivity index (χ4v) is 3.61. The first-order valence-electron chi connectivity index (χ1n) is 11.0. The molecule has 2 aromatic rings. The van der Waals surface area contributed by atoms with Gasteiger partial charge >= 0.3 is 6.09 Å². The first kappa shape index (κ1) is 26.7. The molecular formula is C23H34IN5O4. The van der Waals surface area contributed by atoms with Crippen molar-refractivity contribution in [1.29, 1.82) is 0 Å². The van der Waals surface area contributed by atoms with Crippen LogP contribution < -0.4 is 10.6 Å². The number of halogens is 1. The number of hydrogen-bond donors (Lipinski definition) is 2. The number of fused-ring (bicyclic) bond motifs is 1. The molecule has 33 heavy (non-hydrogen) atoms. The molecule has 10 heteroatoms. The van der Waals surface area contributed by atoms with E-state index in [4.69, 9.17) is 9.15 Å². The van der Waals surface area contributed by atoms with Gasteiger partial charge in [0.15, 0.2) is 5.96 Å². The predicted molar refractivity (Wildman–Crippen MR) is 139 cm³/mol. The Kier molecular flexibility index (Phi) is 10.3. The molecule has 0 saturated carbocycles. The lowest BCUT2D eigenvalue weighted by atomic mass is 10.1. The van der Waals surface area contributed by atoms with Crippen LogP contribution in [0.2, 0.25) is 0 Å². The molecule has 1 aliphatic rings. The van der Waals surface area contributed by atoms with Crippen LogP contribution in [-0.4, -0.2) is 74.1 Å². The fourth-order valence-electron chi connectivity index (χ4n) is 3.61. The van der Waals surface area contributed by atoms with Crippen molar-refractivity contribution in [2.75, 3.05) is 40.3 Å². The maximum Gasteiger partial charge on any atom is 0.409 e. The van der Waals surface area contributed by atoms with Gasteiger partial charge < -0.3 is 29.6 Å². The number of likely N-dealkylation sites (N-methyl/N-ethyl adjacent to an activating group) is 1. The van der Waals surface area contributed by atoms with E-state index in [-0.39, 0.29) is 48.6 Å². The zero-order chi connectivity index (χ0) is 23.1. The number of aryl methyl sites for hydroxylation is 1. The second-order valence-corrected chi connectivity index (χ2v) is 8.06. The van der Waals surface area contributed by atoms with Gasteiger partial charge in [0, 0.05) is 44.2 Å². The smallest absolute Gasteiger partial charge is 0.409 e. The Morgan fingerprint density at radius 3 is 2.58 bits per heavy atom. The van der Waals surface area contributed by atoms with Crippen LogP contribution in [0.3, 0.4) is 0 Å². The van der Waals surface area contributed by atoms with Crippen molar-refractivity contribution in [3.63, 3.8) is 0 Å². The van der Waals surface area contributed by atoms with Gasteiger partial charge in [0.2, 0.25) is 5.91 Å². The third-order valence-corrected chi connectivity index (χ3v) is 5.59.